The van der Waals surface area contributed by atoms with Gasteiger partial charge in [-0.3, -0.25) is 4.99 Å². The quantitative estimate of drug-likeness (QED) is 0.530. The molecule has 2 N–H and O–H groups in total. The molecule has 0 bridgehead atoms. The topological polar surface area (TPSA) is 41.6 Å². The van der Waals surface area contributed by atoms with Crippen molar-refractivity contribution in [3.8, 4) is 0 Å². The maximum absolute atomic E-state index is 5.76. The third-order valence-corrected chi connectivity index (χ3v) is 2.45. The van der Waals surface area contributed by atoms with Gasteiger partial charge >= 0.3 is 0 Å². The zero-order valence-electron chi connectivity index (χ0n) is 9.76. The van der Waals surface area contributed by atoms with Gasteiger partial charge in [0.15, 0.2) is 0 Å². The second kappa shape index (κ2) is 4.61. The summed E-state index contributed by atoms with van der Waals surface area (Å²) in [5, 5.41) is 0. The maximum Gasteiger partial charge on any atom is 0.0963 e. The van der Waals surface area contributed by atoms with E-state index in [1.807, 2.05) is 0 Å². The first kappa shape index (κ1) is 12.4. The lowest BCUT2D eigenvalue weighted by Crippen LogP contribution is -2.41. The molecule has 0 saturated carbocycles. The van der Waals surface area contributed by atoms with E-state index in [0.29, 0.717) is 5.92 Å². The molecule has 78 valence electrons. The number of amidine groups is 1. The van der Waals surface area contributed by atoms with Crippen molar-refractivity contribution in [2.24, 2.45) is 16.6 Å². The van der Waals surface area contributed by atoms with Crippen LogP contribution >= 0.6 is 0 Å². The fraction of sp³-hybridized carbons (Fsp3) is 0.900. The number of aliphatic imine (C=N–C) groups is 1. The van der Waals surface area contributed by atoms with Gasteiger partial charge < -0.3 is 10.6 Å². The van der Waals surface area contributed by atoms with Crippen LogP contribution in [0.4, 0.5) is 0 Å². The van der Waals surface area contributed by atoms with Crippen molar-refractivity contribution < 1.29 is 0 Å². The van der Waals surface area contributed by atoms with Crippen molar-refractivity contribution in [3.63, 3.8) is 0 Å². The van der Waals surface area contributed by atoms with E-state index in [9.17, 15) is 0 Å². The van der Waals surface area contributed by atoms with Gasteiger partial charge in [0.05, 0.1) is 12.4 Å². The van der Waals surface area contributed by atoms with Crippen molar-refractivity contribution in [2.45, 2.75) is 33.2 Å². The van der Waals surface area contributed by atoms with Gasteiger partial charge in [-0.05, 0) is 27.9 Å². The Labute approximate surface area is 82.0 Å². The monoisotopic (exact) mass is 185 g/mol. The Bertz CT molecular complexity index is 181. The number of hydrogen-bond acceptors (Lipinski definition) is 2. The number of nitrogens with zero attached hydrogens (tertiary/aromatic N) is 2. The molecule has 0 aromatic carbocycles. The molecule has 3 heteroatoms. The molecule has 0 radical (unpaired) electrons. The zero-order valence-corrected chi connectivity index (χ0v) is 9.76. The van der Waals surface area contributed by atoms with Gasteiger partial charge in [0.25, 0.3) is 0 Å². The summed E-state index contributed by atoms with van der Waals surface area (Å²) in [7, 11) is 4.11. The van der Waals surface area contributed by atoms with Gasteiger partial charge in [-0.2, -0.15) is 0 Å². The highest BCUT2D eigenvalue weighted by Gasteiger charge is 2.19. The van der Waals surface area contributed by atoms with Crippen molar-refractivity contribution in [1.29, 1.82) is 0 Å². The van der Waals surface area contributed by atoms with Crippen molar-refractivity contribution in [1.82, 2.24) is 4.90 Å². The average Bonchev–Trinajstić information content (AvgIpc) is 1.99. The summed E-state index contributed by atoms with van der Waals surface area (Å²) in [6.45, 7) is 9.18. The van der Waals surface area contributed by atoms with E-state index in [4.69, 9.17) is 5.73 Å². The van der Waals surface area contributed by atoms with Crippen LogP contribution in [0.3, 0.4) is 0 Å². The number of likely N-dealkylation sites (N-methyl/N-ethyl adjacent to an activating group) is 1. The van der Waals surface area contributed by atoms with E-state index in [1.54, 1.807) is 0 Å². The maximum atomic E-state index is 5.76. The van der Waals surface area contributed by atoms with Crippen LogP contribution in [0, 0.1) is 5.92 Å². The highest BCUT2D eigenvalue weighted by Crippen LogP contribution is 2.10. The second-order valence-corrected chi connectivity index (χ2v) is 4.60. The summed E-state index contributed by atoms with van der Waals surface area (Å²) < 4.78 is 0. The predicted octanol–water partition coefficient (Wildman–Crippen LogP) is 1.34. The molecule has 0 heterocycles. The fourth-order valence-corrected chi connectivity index (χ4v) is 0.609. The minimum absolute atomic E-state index is 0.0828. The predicted molar refractivity (Wildman–Crippen MR) is 59.1 cm³/mol. The number of rotatable bonds is 4. The molecule has 0 aliphatic carbocycles. The van der Waals surface area contributed by atoms with E-state index in [1.165, 1.54) is 0 Å². The lowest BCUT2D eigenvalue weighted by molar-refractivity contribution is 0.205. The average molecular weight is 185 g/mol. The molecule has 13 heavy (non-hydrogen) atoms. The summed E-state index contributed by atoms with van der Waals surface area (Å²) in [6, 6.07) is 0. The Hall–Kier alpha value is -0.570. The summed E-state index contributed by atoms with van der Waals surface area (Å²) in [6.07, 6.45) is 0. The van der Waals surface area contributed by atoms with Gasteiger partial charge in [0.2, 0.25) is 0 Å². The van der Waals surface area contributed by atoms with Crippen LogP contribution in [-0.4, -0.2) is 36.9 Å². The molecule has 0 amide bonds. The van der Waals surface area contributed by atoms with E-state index in [-0.39, 0.29) is 5.54 Å². The smallest absolute Gasteiger partial charge is 0.0963 e. The summed E-state index contributed by atoms with van der Waals surface area (Å²) in [4.78, 5) is 6.53. The van der Waals surface area contributed by atoms with Crippen LogP contribution in [0.25, 0.3) is 0 Å². The Kier molecular flexibility index (Phi) is 4.40. The van der Waals surface area contributed by atoms with E-state index in [2.05, 4.69) is 51.7 Å². The van der Waals surface area contributed by atoms with Gasteiger partial charge in [-0.15, -0.1) is 0 Å². The Morgan fingerprint density at radius 1 is 1.38 bits per heavy atom. The van der Waals surface area contributed by atoms with Gasteiger partial charge in [-0.25, -0.2) is 0 Å². The molecule has 0 saturated heterocycles. The van der Waals surface area contributed by atoms with Crippen LogP contribution in [0.1, 0.15) is 27.7 Å². The molecule has 3 nitrogen and oxygen atoms in total. The van der Waals surface area contributed by atoms with Crippen LogP contribution in [0.2, 0.25) is 0 Å². The number of hydrogen-bond donors (Lipinski definition) is 1. The van der Waals surface area contributed by atoms with E-state index in [0.717, 1.165) is 12.4 Å². The third-order valence-electron chi connectivity index (χ3n) is 2.45. The van der Waals surface area contributed by atoms with Crippen LogP contribution in [0.15, 0.2) is 4.99 Å². The van der Waals surface area contributed by atoms with E-state index >= 15 is 0 Å². The molecule has 0 unspecified atom stereocenters. The van der Waals surface area contributed by atoms with Crippen molar-refractivity contribution in [3.05, 3.63) is 0 Å². The van der Waals surface area contributed by atoms with Gasteiger partial charge in [-0.1, -0.05) is 13.8 Å². The fourth-order valence-electron chi connectivity index (χ4n) is 0.609. The minimum Gasteiger partial charge on any atom is -0.387 e. The Morgan fingerprint density at radius 2 is 1.85 bits per heavy atom. The van der Waals surface area contributed by atoms with Crippen LogP contribution < -0.4 is 5.73 Å². The Morgan fingerprint density at radius 3 is 2.15 bits per heavy atom. The molecule has 0 rings (SSSR count). The van der Waals surface area contributed by atoms with E-state index < -0.39 is 0 Å². The zero-order chi connectivity index (χ0) is 10.6. The second-order valence-electron chi connectivity index (χ2n) is 4.60. The molecular formula is C10H23N3. The van der Waals surface area contributed by atoms with Gasteiger partial charge in [0, 0.05) is 11.5 Å². The first-order chi connectivity index (χ1) is 5.77. The van der Waals surface area contributed by atoms with Crippen molar-refractivity contribution >= 4 is 5.84 Å². The summed E-state index contributed by atoms with van der Waals surface area (Å²) in [5.74, 6) is 1.09. The molecule has 0 spiro atoms. The van der Waals surface area contributed by atoms with Crippen LogP contribution in [0.5, 0.6) is 0 Å². The first-order valence-electron chi connectivity index (χ1n) is 4.74. The molecule has 0 aromatic rings. The molecule has 0 aliphatic rings. The first-order valence-corrected chi connectivity index (χ1v) is 4.74. The molecule has 0 aromatic heterocycles. The highest BCUT2D eigenvalue weighted by molar-refractivity contribution is 5.82. The molecule has 0 aliphatic heterocycles. The third kappa shape index (κ3) is 4.27. The number of nitrogens with two attached hydrogens (primary N) is 1. The molecule has 0 fully saturated rings. The van der Waals surface area contributed by atoms with Crippen LogP contribution in [-0.2, 0) is 0 Å². The lowest BCUT2D eigenvalue weighted by atomic mass is 10.0. The Balaban J connectivity index is 4.22. The highest BCUT2D eigenvalue weighted by atomic mass is 15.2. The molecular weight excluding hydrogens is 162 g/mol. The van der Waals surface area contributed by atoms with Gasteiger partial charge in [0.1, 0.15) is 0 Å². The molecule has 0 atom stereocenters. The SMILES string of the molecule is CC(C)C(N)=NCC(C)(C)N(C)C. The normalized spacial score (nSPS) is 14.3. The summed E-state index contributed by atoms with van der Waals surface area (Å²) in [5.41, 5.74) is 5.84. The largest absolute Gasteiger partial charge is 0.387 e. The summed E-state index contributed by atoms with van der Waals surface area (Å²) >= 11 is 0. The lowest BCUT2D eigenvalue weighted by Gasteiger charge is -2.31. The van der Waals surface area contributed by atoms with Crippen molar-refractivity contribution in [2.75, 3.05) is 20.6 Å². The minimum atomic E-state index is 0.0828. The standard InChI is InChI=1S/C10H23N3/c1-8(2)9(11)12-7-10(3,4)13(5)6/h8H,7H2,1-6H3,(H2,11,12).